The van der Waals surface area contributed by atoms with Crippen LogP contribution in [0.4, 0.5) is 11.4 Å². The number of rotatable bonds is 10. The maximum absolute atomic E-state index is 13.6. The Morgan fingerprint density at radius 1 is 1.05 bits per heavy atom. The van der Waals surface area contributed by atoms with Gasteiger partial charge >= 0.3 is 0 Å². The van der Waals surface area contributed by atoms with Crippen LogP contribution in [-0.2, 0) is 19.6 Å². The molecule has 4 rings (SSSR count). The number of hydrogen-bond donors (Lipinski definition) is 1. The normalized spacial score (nSPS) is 15.5. The average molecular weight is 657 g/mol. The summed E-state index contributed by atoms with van der Waals surface area (Å²) in [6.07, 6.45) is 0.0460. The van der Waals surface area contributed by atoms with E-state index >= 15 is 0 Å². The Morgan fingerprint density at radius 3 is 2.40 bits per heavy atom. The third kappa shape index (κ3) is 6.71. The zero-order chi connectivity index (χ0) is 30.8. The van der Waals surface area contributed by atoms with Gasteiger partial charge in [-0.3, -0.25) is 9.59 Å². The molecular weight excluding hydrogens is 618 g/mol. The molecule has 10 heteroatoms. The standard InChI is InChI=1S/C32H38BrN3O5S/c1-7-35(8-2)42(39,40)25-11-14-29(41-30-15-21(5)9-12-26(30)20(3)4)27(18-25)34-32(38)23-17-31(37)36(19-23)28-13-10-24(33)16-22(28)6/h9-16,18,20,23H,7-8,17,19H2,1-6H3,(H,34,38). The second-order valence-electron chi connectivity index (χ2n) is 10.9. The van der Waals surface area contributed by atoms with Crippen molar-refractivity contribution in [1.29, 1.82) is 0 Å². The van der Waals surface area contributed by atoms with E-state index in [-0.39, 0.29) is 41.3 Å². The van der Waals surface area contributed by atoms with E-state index in [1.807, 2.05) is 50.2 Å². The number of nitrogens with one attached hydrogen (secondary N) is 1. The summed E-state index contributed by atoms with van der Waals surface area (Å²) in [4.78, 5) is 28.3. The van der Waals surface area contributed by atoms with Crippen LogP contribution in [0.25, 0.3) is 0 Å². The van der Waals surface area contributed by atoms with Gasteiger partial charge in [0.05, 0.1) is 16.5 Å². The predicted octanol–water partition coefficient (Wildman–Crippen LogP) is 7.00. The lowest BCUT2D eigenvalue weighted by Gasteiger charge is -2.22. The lowest BCUT2D eigenvalue weighted by Crippen LogP contribution is -2.31. The van der Waals surface area contributed by atoms with Crippen molar-refractivity contribution < 1.29 is 22.7 Å². The molecule has 1 N–H and O–H groups in total. The van der Waals surface area contributed by atoms with Gasteiger partial charge < -0.3 is 15.0 Å². The molecule has 8 nitrogen and oxygen atoms in total. The van der Waals surface area contributed by atoms with Gasteiger partial charge in [0.25, 0.3) is 0 Å². The first-order chi connectivity index (χ1) is 19.8. The second kappa shape index (κ2) is 13.0. The molecule has 1 saturated heterocycles. The van der Waals surface area contributed by atoms with Crippen molar-refractivity contribution in [2.75, 3.05) is 29.9 Å². The molecule has 1 unspecified atom stereocenters. The molecule has 0 spiro atoms. The maximum atomic E-state index is 13.6. The number of amides is 2. The fourth-order valence-corrected chi connectivity index (χ4v) is 7.13. The molecule has 1 heterocycles. The molecule has 1 aliphatic rings. The predicted molar refractivity (Wildman–Crippen MR) is 170 cm³/mol. The number of anilines is 2. The van der Waals surface area contributed by atoms with Gasteiger partial charge in [-0.2, -0.15) is 4.31 Å². The molecule has 0 radical (unpaired) electrons. The number of benzene rings is 3. The summed E-state index contributed by atoms with van der Waals surface area (Å²) in [6.45, 7) is 12.4. The first kappa shape index (κ1) is 31.7. The van der Waals surface area contributed by atoms with Crippen molar-refractivity contribution in [3.05, 3.63) is 75.8 Å². The molecule has 0 bridgehead atoms. The van der Waals surface area contributed by atoms with Gasteiger partial charge in [0.1, 0.15) is 5.75 Å². The van der Waals surface area contributed by atoms with Crippen LogP contribution < -0.4 is 15.0 Å². The smallest absolute Gasteiger partial charge is 0.243 e. The van der Waals surface area contributed by atoms with Crippen molar-refractivity contribution in [2.24, 2.45) is 5.92 Å². The van der Waals surface area contributed by atoms with Crippen LogP contribution in [0, 0.1) is 19.8 Å². The van der Waals surface area contributed by atoms with E-state index in [2.05, 4.69) is 35.1 Å². The number of nitrogens with zero attached hydrogens (tertiary/aromatic N) is 2. The largest absolute Gasteiger partial charge is 0.455 e. The summed E-state index contributed by atoms with van der Waals surface area (Å²) in [6, 6.07) is 16.1. The minimum absolute atomic E-state index is 0.0460. The number of halogens is 1. The van der Waals surface area contributed by atoms with Gasteiger partial charge in [-0.1, -0.05) is 55.8 Å². The summed E-state index contributed by atoms with van der Waals surface area (Å²) >= 11 is 3.45. The van der Waals surface area contributed by atoms with E-state index in [1.54, 1.807) is 24.8 Å². The molecule has 2 amide bonds. The van der Waals surface area contributed by atoms with Crippen LogP contribution in [0.15, 0.2) is 64.0 Å². The molecule has 1 aliphatic heterocycles. The SMILES string of the molecule is CCN(CC)S(=O)(=O)c1ccc(Oc2cc(C)ccc2C(C)C)c(NC(=O)C2CC(=O)N(c3ccc(Br)cc3C)C2)c1. The quantitative estimate of drug-likeness (QED) is 0.254. The van der Waals surface area contributed by atoms with Crippen molar-refractivity contribution in [1.82, 2.24) is 4.31 Å². The summed E-state index contributed by atoms with van der Waals surface area (Å²) in [5, 5.41) is 2.91. The molecule has 1 fully saturated rings. The molecule has 1 atom stereocenters. The monoisotopic (exact) mass is 655 g/mol. The van der Waals surface area contributed by atoms with Crippen LogP contribution in [0.3, 0.4) is 0 Å². The Bertz CT molecular complexity index is 1600. The van der Waals surface area contributed by atoms with Crippen LogP contribution in [0.5, 0.6) is 11.5 Å². The number of aryl methyl sites for hydroxylation is 2. The van der Waals surface area contributed by atoms with Gasteiger partial charge in [-0.25, -0.2) is 8.42 Å². The molecule has 224 valence electrons. The van der Waals surface area contributed by atoms with Crippen LogP contribution in [-0.4, -0.2) is 44.2 Å². The molecule has 0 aromatic heterocycles. The highest BCUT2D eigenvalue weighted by atomic mass is 79.9. The Labute approximate surface area is 257 Å². The highest BCUT2D eigenvalue weighted by Crippen LogP contribution is 2.38. The maximum Gasteiger partial charge on any atom is 0.243 e. The minimum atomic E-state index is -3.80. The second-order valence-corrected chi connectivity index (χ2v) is 13.7. The number of carbonyl (C=O) groups excluding carboxylic acids is 2. The van der Waals surface area contributed by atoms with Gasteiger partial charge in [-0.15, -0.1) is 0 Å². The summed E-state index contributed by atoms with van der Waals surface area (Å²) in [5.74, 6) is -0.0142. The fourth-order valence-electron chi connectivity index (χ4n) is 5.17. The zero-order valence-electron chi connectivity index (χ0n) is 24.9. The Hall–Kier alpha value is -3.21. The lowest BCUT2D eigenvalue weighted by molar-refractivity contribution is -0.122. The molecule has 0 aliphatic carbocycles. The van der Waals surface area contributed by atoms with E-state index in [0.29, 0.717) is 24.6 Å². The van der Waals surface area contributed by atoms with Gasteiger partial charge in [0.2, 0.25) is 21.8 Å². The van der Waals surface area contributed by atoms with Gasteiger partial charge in [0, 0.05) is 36.2 Å². The molecule has 3 aromatic carbocycles. The minimum Gasteiger partial charge on any atom is -0.455 e. The van der Waals surface area contributed by atoms with Crippen molar-refractivity contribution in [3.63, 3.8) is 0 Å². The number of sulfonamides is 1. The first-order valence-electron chi connectivity index (χ1n) is 14.2. The molecule has 0 saturated carbocycles. The number of carbonyl (C=O) groups is 2. The molecule has 42 heavy (non-hydrogen) atoms. The highest BCUT2D eigenvalue weighted by Gasteiger charge is 2.36. The van der Waals surface area contributed by atoms with Crippen LogP contribution >= 0.6 is 15.9 Å². The van der Waals surface area contributed by atoms with Gasteiger partial charge in [-0.05, 0) is 78.9 Å². The van der Waals surface area contributed by atoms with E-state index in [0.717, 1.165) is 26.9 Å². The fraction of sp³-hybridized carbons (Fsp3) is 0.375. The van der Waals surface area contributed by atoms with E-state index in [4.69, 9.17) is 4.74 Å². The molecular formula is C32H38BrN3O5S. The average Bonchev–Trinajstić information content (AvgIpc) is 3.31. The van der Waals surface area contributed by atoms with E-state index in [1.165, 1.54) is 16.4 Å². The molecule has 3 aromatic rings. The third-order valence-electron chi connectivity index (χ3n) is 7.51. The zero-order valence-corrected chi connectivity index (χ0v) is 27.3. The van der Waals surface area contributed by atoms with Crippen molar-refractivity contribution >= 4 is 49.1 Å². The summed E-state index contributed by atoms with van der Waals surface area (Å²) in [5.41, 5.74) is 3.90. The van der Waals surface area contributed by atoms with Crippen molar-refractivity contribution in [3.8, 4) is 11.5 Å². The Morgan fingerprint density at radius 2 is 1.76 bits per heavy atom. The Balaban J connectivity index is 1.69. The number of hydrogen-bond acceptors (Lipinski definition) is 5. The van der Waals surface area contributed by atoms with Crippen molar-refractivity contribution in [2.45, 2.75) is 58.8 Å². The van der Waals surface area contributed by atoms with Crippen LogP contribution in [0.1, 0.15) is 56.7 Å². The van der Waals surface area contributed by atoms with E-state index in [9.17, 15) is 18.0 Å². The van der Waals surface area contributed by atoms with Crippen LogP contribution in [0.2, 0.25) is 0 Å². The van der Waals surface area contributed by atoms with Gasteiger partial charge in [0.15, 0.2) is 5.75 Å². The van der Waals surface area contributed by atoms with E-state index < -0.39 is 15.9 Å². The topological polar surface area (TPSA) is 96.0 Å². The third-order valence-corrected chi connectivity index (χ3v) is 10.0. The number of ether oxygens (including phenoxy) is 1. The highest BCUT2D eigenvalue weighted by molar-refractivity contribution is 9.10. The lowest BCUT2D eigenvalue weighted by atomic mass is 10.0. The Kier molecular flexibility index (Phi) is 9.80. The summed E-state index contributed by atoms with van der Waals surface area (Å²) in [7, 11) is -3.80. The summed E-state index contributed by atoms with van der Waals surface area (Å²) < 4.78 is 35.4. The first-order valence-corrected chi connectivity index (χ1v) is 16.4.